The molecule has 0 aromatic heterocycles. The molecule has 0 bridgehead atoms. The van der Waals surface area contributed by atoms with Crippen LogP contribution in [0.2, 0.25) is 0 Å². The average molecular weight is 530 g/mol. The molecular weight excluding hydrogens is 474 g/mol. The predicted octanol–water partition coefficient (Wildman–Crippen LogP) is 7.51. The van der Waals surface area contributed by atoms with E-state index in [4.69, 9.17) is 10.5 Å². The molecule has 2 saturated carbocycles. The van der Waals surface area contributed by atoms with Gasteiger partial charge in [-0.05, 0) is 97.8 Å². The molecule has 0 aliphatic heterocycles. The number of phenols is 1. The fourth-order valence-electron chi connectivity index (χ4n) is 7.09. The first-order chi connectivity index (χ1) is 18.2. The number of phenolic OH excluding ortho intramolecular Hbond substituents is 1. The van der Waals surface area contributed by atoms with Crippen molar-refractivity contribution in [3.63, 3.8) is 0 Å². The minimum Gasteiger partial charge on any atom is -0.508 e. The molecule has 5 heteroatoms. The Labute approximate surface area is 231 Å². The minimum atomic E-state index is -0.134. The lowest BCUT2D eigenvalue weighted by Gasteiger charge is -2.38. The summed E-state index contributed by atoms with van der Waals surface area (Å²) in [5.74, 6) is 0.733. The van der Waals surface area contributed by atoms with E-state index in [0.29, 0.717) is 24.6 Å². The van der Waals surface area contributed by atoms with E-state index in [1.807, 2.05) is 6.07 Å². The zero-order valence-electron chi connectivity index (χ0n) is 24.5. The highest BCUT2D eigenvalue weighted by Gasteiger charge is 2.37. The monoisotopic (exact) mass is 529 g/mol. The van der Waals surface area contributed by atoms with E-state index in [-0.39, 0.29) is 35.4 Å². The van der Waals surface area contributed by atoms with Crippen LogP contribution in [0.4, 0.5) is 0 Å². The SMILES string of the molecule is CCCCCCC(C)(C)c1ccc(C2CC(OC(=O)CC3(CN)CCCCC3)CCC2CCCO)c(O)c1. The van der Waals surface area contributed by atoms with Gasteiger partial charge in [0.1, 0.15) is 11.9 Å². The van der Waals surface area contributed by atoms with Crippen molar-refractivity contribution in [1.29, 1.82) is 0 Å². The number of ether oxygens (including phenoxy) is 1. The Bertz CT molecular complexity index is 861. The zero-order valence-corrected chi connectivity index (χ0v) is 24.5. The molecule has 2 fully saturated rings. The largest absolute Gasteiger partial charge is 0.508 e. The number of aliphatic hydroxyl groups excluding tert-OH is 1. The van der Waals surface area contributed by atoms with Crippen LogP contribution in [0, 0.1) is 11.3 Å². The summed E-state index contributed by atoms with van der Waals surface area (Å²) >= 11 is 0. The zero-order chi connectivity index (χ0) is 27.6. The third kappa shape index (κ3) is 8.45. The van der Waals surface area contributed by atoms with Gasteiger partial charge in [-0.15, -0.1) is 0 Å². The van der Waals surface area contributed by atoms with Crippen LogP contribution in [-0.4, -0.2) is 35.4 Å². The van der Waals surface area contributed by atoms with Crippen LogP contribution in [0.1, 0.15) is 141 Å². The fraction of sp³-hybridized carbons (Fsp3) is 0.788. The number of carbonyl (C=O) groups excluding carboxylic acids is 1. The number of aromatic hydroxyl groups is 1. The molecular formula is C33H55NO4. The summed E-state index contributed by atoms with van der Waals surface area (Å²) in [6.45, 7) is 7.51. The molecule has 1 aromatic rings. The highest BCUT2D eigenvalue weighted by molar-refractivity contribution is 5.70. The molecule has 38 heavy (non-hydrogen) atoms. The molecule has 0 radical (unpaired) electrons. The topological polar surface area (TPSA) is 92.8 Å². The van der Waals surface area contributed by atoms with Crippen molar-refractivity contribution < 1.29 is 19.7 Å². The van der Waals surface area contributed by atoms with E-state index < -0.39 is 0 Å². The van der Waals surface area contributed by atoms with Gasteiger partial charge >= 0.3 is 5.97 Å². The molecule has 0 saturated heterocycles. The van der Waals surface area contributed by atoms with Gasteiger partial charge in [0, 0.05) is 6.61 Å². The summed E-state index contributed by atoms with van der Waals surface area (Å²) in [5, 5.41) is 20.7. The van der Waals surface area contributed by atoms with Gasteiger partial charge in [-0.25, -0.2) is 0 Å². The first-order valence-corrected chi connectivity index (χ1v) is 15.6. The summed E-state index contributed by atoms with van der Waals surface area (Å²) in [6.07, 6.45) is 16.1. The number of hydrogen-bond acceptors (Lipinski definition) is 5. The Morgan fingerprint density at radius 3 is 2.53 bits per heavy atom. The molecule has 0 heterocycles. The summed E-state index contributed by atoms with van der Waals surface area (Å²) < 4.78 is 6.08. The first kappa shape index (κ1) is 30.9. The highest BCUT2D eigenvalue weighted by atomic mass is 16.5. The van der Waals surface area contributed by atoms with Gasteiger partial charge in [-0.1, -0.05) is 77.8 Å². The van der Waals surface area contributed by atoms with Crippen molar-refractivity contribution >= 4 is 5.97 Å². The van der Waals surface area contributed by atoms with E-state index >= 15 is 0 Å². The van der Waals surface area contributed by atoms with E-state index in [0.717, 1.165) is 69.8 Å². The molecule has 5 nitrogen and oxygen atoms in total. The van der Waals surface area contributed by atoms with Crippen LogP contribution < -0.4 is 5.73 Å². The van der Waals surface area contributed by atoms with E-state index in [9.17, 15) is 15.0 Å². The first-order valence-electron chi connectivity index (χ1n) is 15.6. The van der Waals surface area contributed by atoms with Crippen LogP contribution >= 0.6 is 0 Å². The standard InChI is InChI=1S/C33H55NO4/c1-4-5-6-8-17-32(2,3)26-14-16-28(30(36)21-26)29-22-27(15-13-25(29)12-11-20-35)38-31(37)23-33(24-34)18-9-7-10-19-33/h14,16,21,25,27,29,35-36H,4-13,15,17-20,22-24,34H2,1-3H3. The summed E-state index contributed by atoms with van der Waals surface area (Å²) in [4.78, 5) is 13.0. The van der Waals surface area contributed by atoms with Crippen molar-refractivity contribution in [2.45, 2.75) is 141 Å². The fourth-order valence-corrected chi connectivity index (χ4v) is 7.09. The van der Waals surface area contributed by atoms with Crippen molar-refractivity contribution in [3.8, 4) is 5.75 Å². The predicted molar refractivity (Wildman–Crippen MR) is 155 cm³/mol. The summed E-state index contributed by atoms with van der Waals surface area (Å²) in [5.41, 5.74) is 8.19. The summed E-state index contributed by atoms with van der Waals surface area (Å²) in [6, 6.07) is 6.29. The van der Waals surface area contributed by atoms with Crippen LogP contribution in [0.5, 0.6) is 5.75 Å². The maximum absolute atomic E-state index is 13.0. The number of carbonyl (C=O) groups is 1. The minimum absolute atomic E-state index is 0.0166. The molecule has 2 aliphatic carbocycles. The van der Waals surface area contributed by atoms with Crippen LogP contribution in [-0.2, 0) is 14.9 Å². The number of unbranched alkanes of at least 4 members (excludes halogenated alkanes) is 3. The normalized spacial score (nSPS) is 23.8. The molecule has 0 spiro atoms. The van der Waals surface area contributed by atoms with Crippen molar-refractivity contribution in [1.82, 2.24) is 0 Å². The molecule has 216 valence electrons. The third-order valence-electron chi connectivity index (χ3n) is 9.71. The number of benzene rings is 1. The van der Waals surface area contributed by atoms with Crippen LogP contribution in [0.3, 0.4) is 0 Å². The maximum atomic E-state index is 13.0. The van der Waals surface area contributed by atoms with Gasteiger partial charge in [0.05, 0.1) is 6.42 Å². The lowest BCUT2D eigenvalue weighted by molar-refractivity contribution is -0.154. The highest BCUT2D eigenvalue weighted by Crippen LogP contribution is 2.46. The van der Waals surface area contributed by atoms with Crippen LogP contribution in [0.25, 0.3) is 0 Å². The van der Waals surface area contributed by atoms with Crippen molar-refractivity contribution in [2.24, 2.45) is 17.1 Å². The van der Waals surface area contributed by atoms with Crippen molar-refractivity contribution in [2.75, 3.05) is 13.2 Å². The van der Waals surface area contributed by atoms with Gasteiger partial charge in [-0.3, -0.25) is 4.79 Å². The van der Waals surface area contributed by atoms with Gasteiger partial charge in [0.25, 0.3) is 0 Å². The van der Waals surface area contributed by atoms with Gasteiger partial charge in [0.2, 0.25) is 0 Å². The number of nitrogens with two attached hydrogens (primary N) is 1. The molecule has 0 amide bonds. The van der Waals surface area contributed by atoms with Gasteiger partial charge in [-0.2, -0.15) is 0 Å². The lowest BCUT2D eigenvalue weighted by Crippen LogP contribution is -2.37. The second-order valence-electron chi connectivity index (χ2n) is 13.1. The van der Waals surface area contributed by atoms with E-state index in [2.05, 4.69) is 32.9 Å². The Kier molecular flexibility index (Phi) is 12.0. The summed E-state index contributed by atoms with van der Waals surface area (Å²) in [7, 11) is 0. The van der Waals surface area contributed by atoms with Crippen molar-refractivity contribution in [3.05, 3.63) is 29.3 Å². The average Bonchev–Trinajstić information content (AvgIpc) is 2.90. The molecule has 2 aliphatic rings. The number of esters is 1. The maximum Gasteiger partial charge on any atom is 0.306 e. The Morgan fingerprint density at radius 1 is 1.11 bits per heavy atom. The number of hydrogen-bond donors (Lipinski definition) is 3. The number of rotatable bonds is 14. The molecule has 3 unspecified atom stereocenters. The lowest BCUT2D eigenvalue weighted by atomic mass is 9.71. The molecule has 3 atom stereocenters. The Morgan fingerprint density at radius 2 is 1.87 bits per heavy atom. The quantitative estimate of drug-likeness (QED) is 0.171. The van der Waals surface area contributed by atoms with E-state index in [1.54, 1.807) is 0 Å². The smallest absolute Gasteiger partial charge is 0.306 e. The third-order valence-corrected chi connectivity index (χ3v) is 9.71. The molecule has 3 rings (SSSR count). The molecule has 1 aromatic carbocycles. The second kappa shape index (κ2) is 14.7. The number of aliphatic hydroxyl groups is 1. The van der Waals surface area contributed by atoms with Crippen LogP contribution in [0.15, 0.2) is 18.2 Å². The second-order valence-corrected chi connectivity index (χ2v) is 13.1. The molecule has 4 N–H and O–H groups in total. The Balaban J connectivity index is 1.70. The van der Waals surface area contributed by atoms with Gasteiger partial charge in [0.15, 0.2) is 0 Å². The Hall–Kier alpha value is -1.59. The van der Waals surface area contributed by atoms with Gasteiger partial charge < -0.3 is 20.7 Å². The van der Waals surface area contributed by atoms with E-state index in [1.165, 1.54) is 37.7 Å².